The van der Waals surface area contributed by atoms with Gasteiger partial charge in [-0.05, 0) is 0 Å². The zero-order valence-electron chi connectivity index (χ0n) is 9.80. The second kappa shape index (κ2) is 2.70. The number of rotatable bonds is 1. The van der Waals surface area contributed by atoms with E-state index in [1.165, 1.54) is 5.56 Å². The molecule has 2 aliphatic carbocycles. The summed E-state index contributed by atoms with van der Waals surface area (Å²) in [7, 11) is 2.16. The molecule has 2 atom stereocenters. The lowest BCUT2D eigenvalue weighted by Crippen LogP contribution is -2.37. The summed E-state index contributed by atoms with van der Waals surface area (Å²) in [6.07, 6.45) is 9.94. The monoisotopic (exact) mass is 222 g/mol. The maximum absolute atomic E-state index is 4.96. The molecule has 0 saturated heterocycles. The van der Waals surface area contributed by atoms with Crippen LogP contribution in [0, 0.1) is 0 Å². The molecule has 0 aromatic heterocycles. The lowest BCUT2D eigenvalue weighted by Gasteiger charge is -2.25. The van der Waals surface area contributed by atoms with Crippen LogP contribution in [0.5, 0.6) is 0 Å². The molecular formula is C15H14N2. The normalized spacial score (nSPS) is 36.5. The number of hydrogen-bond acceptors (Lipinski definition) is 2. The van der Waals surface area contributed by atoms with Gasteiger partial charge in [0.05, 0.1) is 5.54 Å². The van der Waals surface area contributed by atoms with Gasteiger partial charge in [0, 0.05) is 19.0 Å². The minimum atomic E-state index is 0.0294. The van der Waals surface area contributed by atoms with Gasteiger partial charge in [-0.1, -0.05) is 54.6 Å². The van der Waals surface area contributed by atoms with Crippen molar-refractivity contribution in [2.24, 2.45) is 4.99 Å². The van der Waals surface area contributed by atoms with Crippen LogP contribution in [0.1, 0.15) is 12.0 Å². The minimum Gasteiger partial charge on any atom is -0.347 e. The van der Waals surface area contributed by atoms with Gasteiger partial charge in [0.1, 0.15) is 11.4 Å². The third-order valence-electron chi connectivity index (χ3n) is 4.27. The van der Waals surface area contributed by atoms with Crippen molar-refractivity contribution in [3.8, 4) is 0 Å². The van der Waals surface area contributed by atoms with Crippen molar-refractivity contribution in [1.82, 2.24) is 4.90 Å². The highest BCUT2D eigenvalue weighted by atomic mass is 15.4. The molecule has 0 bridgehead atoms. The van der Waals surface area contributed by atoms with Crippen molar-refractivity contribution in [2.45, 2.75) is 17.5 Å². The zero-order chi connectivity index (χ0) is 11.5. The van der Waals surface area contributed by atoms with Crippen LogP contribution in [0.4, 0.5) is 0 Å². The first-order valence-electron chi connectivity index (χ1n) is 6.04. The third kappa shape index (κ3) is 0.943. The fourth-order valence-corrected chi connectivity index (χ4v) is 3.20. The Labute approximate surface area is 101 Å². The Morgan fingerprint density at radius 2 is 1.88 bits per heavy atom. The molecule has 0 N–H and O–H groups in total. The highest BCUT2D eigenvalue weighted by Gasteiger charge is 2.72. The van der Waals surface area contributed by atoms with Crippen LogP contribution in [-0.4, -0.2) is 28.9 Å². The van der Waals surface area contributed by atoms with Crippen LogP contribution < -0.4 is 0 Å². The van der Waals surface area contributed by atoms with Gasteiger partial charge in [0.2, 0.25) is 0 Å². The number of benzene rings is 1. The average molecular weight is 222 g/mol. The summed E-state index contributed by atoms with van der Waals surface area (Å²) in [5, 5.41) is 0. The van der Waals surface area contributed by atoms with E-state index in [2.05, 4.69) is 60.5 Å². The van der Waals surface area contributed by atoms with E-state index in [9.17, 15) is 0 Å². The Kier molecular flexibility index (Phi) is 1.47. The Balaban J connectivity index is 1.84. The van der Waals surface area contributed by atoms with Crippen LogP contribution in [0.15, 0.2) is 59.6 Å². The van der Waals surface area contributed by atoms with Gasteiger partial charge < -0.3 is 4.90 Å². The summed E-state index contributed by atoms with van der Waals surface area (Å²) >= 11 is 0. The molecule has 17 heavy (non-hydrogen) atoms. The average Bonchev–Trinajstić information content (AvgIpc) is 3.00. The molecule has 2 nitrogen and oxygen atoms in total. The number of aliphatic imine (C=N–C) groups is 1. The van der Waals surface area contributed by atoms with E-state index in [-0.39, 0.29) is 11.1 Å². The van der Waals surface area contributed by atoms with Crippen molar-refractivity contribution >= 4 is 5.84 Å². The predicted molar refractivity (Wildman–Crippen MR) is 69.1 cm³/mol. The first-order valence-corrected chi connectivity index (χ1v) is 6.04. The van der Waals surface area contributed by atoms with Gasteiger partial charge in [0.25, 0.3) is 0 Å². The van der Waals surface area contributed by atoms with Gasteiger partial charge in [-0.2, -0.15) is 0 Å². The topological polar surface area (TPSA) is 15.6 Å². The molecule has 3 aliphatic rings. The minimum absolute atomic E-state index is 0.0294. The standard InChI is InChI=1S/C15H14N2/c1-17-13(12-7-3-2-4-8-12)16-14-9-5-6-10-15(14,17)11-14/h2-10H,11H2,1H3. The molecule has 1 aliphatic heterocycles. The molecular weight excluding hydrogens is 208 g/mol. The van der Waals surface area contributed by atoms with Crippen LogP contribution in [-0.2, 0) is 0 Å². The summed E-state index contributed by atoms with van der Waals surface area (Å²) in [4.78, 5) is 7.30. The van der Waals surface area contributed by atoms with E-state index < -0.39 is 0 Å². The Bertz CT molecular complexity index is 570. The molecule has 1 aromatic rings. The second-order valence-corrected chi connectivity index (χ2v) is 5.10. The number of hydrogen-bond donors (Lipinski definition) is 0. The van der Waals surface area contributed by atoms with Crippen LogP contribution >= 0.6 is 0 Å². The summed E-state index contributed by atoms with van der Waals surface area (Å²) < 4.78 is 0. The van der Waals surface area contributed by atoms with E-state index in [1.54, 1.807) is 0 Å². The molecule has 2 heteroatoms. The van der Waals surface area contributed by atoms with E-state index in [0.29, 0.717) is 0 Å². The lowest BCUT2D eigenvalue weighted by atomic mass is 10.0. The summed E-state index contributed by atoms with van der Waals surface area (Å²) in [5.74, 6) is 1.12. The van der Waals surface area contributed by atoms with Crippen molar-refractivity contribution in [1.29, 1.82) is 0 Å². The van der Waals surface area contributed by atoms with E-state index in [1.807, 2.05) is 6.07 Å². The molecule has 84 valence electrons. The zero-order valence-corrected chi connectivity index (χ0v) is 9.80. The van der Waals surface area contributed by atoms with Gasteiger partial charge in [0.15, 0.2) is 0 Å². The van der Waals surface area contributed by atoms with Gasteiger partial charge in [-0.25, -0.2) is 0 Å². The summed E-state index contributed by atoms with van der Waals surface area (Å²) in [5.41, 5.74) is 1.37. The number of amidine groups is 1. The van der Waals surface area contributed by atoms with Gasteiger partial charge in [-0.15, -0.1) is 0 Å². The first-order chi connectivity index (χ1) is 8.28. The van der Waals surface area contributed by atoms with Gasteiger partial charge >= 0.3 is 0 Å². The van der Waals surface area contributed by atoms with Crippen LogP contribution in [0.2, 0.25) is 0 Å². The second-order valence-electron chi connectivity index (χ2n) is 5.10. The molecule has 0 radical (unpaired) electrons. The maximum Gasteiger partial charge on any atom is 0.132 e. The molecule has 1 aromatic carbocycles. The van der Waals surface area contributed by atoms with E-state index >= 15 is 0 Å². The number of allylic oxidation sites excluding steroid dienone is 2. The molecule has 1 fully saturated rings. The number of nitrogens with zero attached hydrogens (tertiary/aromatic N) is 2. The van der Waals surface area contributed by atoms with Crippen molar-refractivity contribution in [2.75, 3.05) is 7.05 Å². The largest absolute Gasteiger partial charge is 0.347 e. The summed E-state index contributed by atoms with van der Waals surface area (Å²) in [6.45, 7) is 0. The SMILES string of the molecule is CN1C(c2ccccc2)=NC23C=CC=CC12C3. The fraction of sp³-hybridized carbons (Fsp3) is 0.267. The maximum atomic E-state index is 4.96. The van der Waals surface area contributed by atoms with E-state index in [0.717, 1.165) is 12.3 Å². The van der Waals surface area contributed by atoms with Crippen LogP contribution in [0.3, 0.4) is 0 Å². The van der Waals surface area contributed by atoms with Crippen LogP contribution in [0.25, 0.3) is 0 Å². The van der Waals surface area contributed by atoms with Crippen molar-refractivity contribution in [3.05, 3.63) is 60.2 Å². The predicted octanol–water partition coefficient (Wildman–Crippen LogP) is 2.39. The first kappa shape index (κ1) is 9.23. The number of likely N-dealkylation sites (N-methyl/N-ethyl adjacent to an activating group) is 1. The van der Waals surface area contributed by atoms with Crippen molar-refractivity contribution < 1.29 is 0 Å². The molecule has 2 unspecified atom stereocenters. The Morgan fingerprint density at radius 1 is 1.12 bits per heavy atom. The smallest absolute Gasteiger partial charge is 0.132 e. The Morgan fingerprint density at radius 3 is 2.65 bits per heavy atom. The molecule has 0 amide bonds. The highest BCUT2D eigenvalue weighted by molar-refractivity contribution is 6.03. The fourth-order valence-electron chi connectivity index (χ4n) is 3.20. The third-order valence-corrected chi connectivity index (χ3v) is 4.27. The van der Waals surface area contributed by atoms with Gasteiger partial charge in [-0.3, -0.25) is 4.99 Å². The summed E-state index contributed by atoms with van der Waals surface area (Å²) in [6, 6.07) is 10.4. The van der Waals surface area contributed by atoms with Crippen molar-refractivity contribution in [3.63, 3.8) is 0 Å². The molecule has 4 rings (SSSR count). The molecule has 1 heterocycles. The molecule has 0 spiro atoms. The Hall–Kier alpha value is -1.83. The quantitative estimate of drug-likeness (QED) is 0.712. The highest BCUT2D eigenvalue weighted by Crippen LogP contribution is 2.62. The molecule has 1 saturated carbocycles. The van der Waals surface area contributed by atoms with E-state index in [4.69, 9.17) is 4.99 Å². The lowest BCUT2D eigenvalue weighted by molar-refractivity contribution is 0.409.